The van der Waals surface area contributed by atoms with E-state index in [-0.39, 0.29) is 24.4 Å². The van der Waals surface area contributed by atoms with E-state index >= 15 is 0 Å². The quantitative estimate of drug-likeness (QED) is 0.658. The molecular formula is C11H20N2O3. The van der Waals surface area contributed by atoms with E-state index < -0.39 is 5.97 Å². The van der Waals surface area contributed by atoms with Crippen molar-refractivity contribution in [3.63, 3.8) is 0 Å². The number of carbonyl (C=O) groups excluding carboxylic acids is 1. The highest BCUT2D eigenvalue weighted by Gasteiger charge is 2.35. The van der Waals surface area contributed by atoms with Gasteiger partial charge in [-0.15, -0.1) is 0 Å². The Morgan fingerprint density at radius 1 is 1.50 bits per heavy atom. The minimum Gasteiger partial charge on any atom is -0.480 e. The van der Waals surface area contributed by atoms with Crippen LogP contribution >= 0.6 is 0 Å². The van der Waals surface area contributed by atoms with Crippen molar-refractivity contribution in [1.82, 2.24) is 10.2 Å². The molecule has 0 aliphatic heterocycles. The Bertz CT molecular complexity index is 264. The number of carboxylic acid groups (broad SMARTS) is 1. The van der Waals surface area contributed by atoms with Crippen LogP contribution in [0.5, 0.6) is 0 Å². The Balaban J connectivity index is 2.49. The highest BCUT2D eigenvalue weighted by Crippen LogP contribution is 2.27. The van der Waals surface area contributed by atoms with Crippen LogP contribution in [0.25, 0.3) is 0 Å². The van der Waals surface area contributed by atoms with Gasteiger partial charge in [0.15, 0.2) is 0 Å². The summed E-state index contributed by atoms with van der Waals surface area (Å²) < 4.78 is 0. The highest BCUT2D eigenvalue weighted by molar-refractivity contribution is 5.83. The summed E-state index contributed by atoms with van der Waals surface area (Å²) in [5, 5.41) is 11.9. The molecule has 5 heteroatoms. The minimum atomic E-state index is -0.934. The van der Waals surface area contributed by atoms with Crippen LogP contribution in [0.2, 0.25) is 0 Å². The van der Waals surface area contributed by atoms with E-state index in [0.717, 1.165) is 19.4 Å². The molecule has 1 saturated carbocycles. The van der Waals surface area contributed by atoms with Crippen molar-refractivity contribution in [2.24, 2.45) is 5.92 Å². The average Bonchev–Trinajstić information content (AvgIpc) is 3.05. The molecular weight excluding hydrogens is 208 g/mol. The molecule has 0 heterocycles. The summed E-state index contributed by atoms with van der Waals surface area (Å²) in [6.45, 7) is 5.08. The first-order chi connectivity index (χ1) is 7.56. The van der Waals surface area contributed by atoms with E-state index in [1.165, 1.54) is 4.90 Å². The van der Waals surface area contributed by atoms with Crippen molar-refractivity contribution in [1.29, 1.82) is 0 Å². The van der Waals surface area contributed by atoms with Crippen molar-refractivity contribution >= 4 is 11.9 Å². The monoisotopic (exact) mass is 228 g/mol. The molecule has 1 rings (SSSR count). The highest BCUT2D eigenvalue weighted by atomic mass is 16.4. The number of hydrogen-bond acceptors (Lipinski definition) is 3. The van der Waals surface area contributed by atoms with Crippen LogP contribution in [0.1, 0.15) is 26.7 Å². The number of amides is 1. The molecule has 0 aromatic rings. The predicted molar refractivity (Wildman–Crippen MR) is 60.1 cm³/mol. The Hall–Kier alpha value is -1.10. The maximum atomic E-state index is 12.0. The standard InChI is InChI=1S/C11H20N2O3/c1-3-12-6-8(2)11(16)13(7-10(14)15)9-4-5-9/h8-9,12H,3-7H2,1-2H3,(H,14,15). The van der Waals surface area contributed by atoms with Crippen LogP contribution in [0, 0.1) is 5.92 Å². The molecule has 16 heavy (non-hydrogen) atoms. The molecule has 1 amide bonds. The van der Waals surface area contributed by atoms with Gasteiger partial charge in [0.05, 0.1) is 0 Å². The second-order valence-electron chi connectivity index (χ2n) is 4.30. The fourth-order valence-electron chi connectivity index (χ4n) is 1.65. The first-order valence-corrected chi connectivity index (χ1v) is 5.79. The van der Waals surface area contributed by atoms with Gasteiger partial charge in [0, 0.05) is 18.5 Å². The van der Waals surface area contributed by atoms with Gasteiger partial charge in [0.2, 0.25) is 5.91 Å². The molecule has 0 spiro atoms. The van der Waals surface area contributed by atoms with Crippen LogP contribution in [0.4, 0.5) is 0 Å². The Labute approximate surface area is 95.8 Å². The third-order valence-corrected chi connectivity index (χ3v) is 2.70. The number of nitrogens with zero attached hydrogens (tertiary/aromatic N) is 1. The van der Waals surface area contributed by atoms with Gasteiger partial charge in [-0.2, -0.15) is 0 Å². The third kappa shape index (κ3) is 3.81. The van der Waals surface area contributed by atoms with Crippen molar-refractivity contribution in [3.8, 4) is 0 Å². The molecule has 0 saturated heterocycles. The van der Waals surface area contributed by atoms with Crippen LogP contribution in [-0.4, -0.2) is 47.6 Å². The average molecular weight is 228 g/mol. The fourth-order valence-corrected chi connectivity index (χ4v) is 1.65. The second kappa shape index (κ2) is 5.84. The summed E-state index contributed by atoms with van der Waals surface area (Å²) in [5.41, 5.74) is 0. The molecule has 92 valence electrons. The van der Waals surface area contributed by atoms with E-state index in [4.69, 9.17) is 5.11 Å². The lowest BCUT2D eigenvalue weighted by Gasteiger charge is -2.24. The first kappa shape index (κ1) is 13.0. The SMILES string of the molecule is CCNCC(C)C(=O)N(CC(=O)O)C1CC1. The molecule has 0 aromatic heterocycles. The Kier molecular flexibility index (Phi) is 4.73. The molecule has 5 nitrogen and oxygen atoms in total. The summed E-state index contributed by atoms with van der Waals surface area (Å²) in [7, 11) is 0. The van der Waals surface area contributed by atoms with Gasteiger partial charge in [-0.3, -0.25) is 9.59 Å². The smallest absolute Gasteiger partial charge is 0.323 e. The van der Waals surface area contributed by atoms with Crippen molar-refractivity contribution in [3.05, 3.63) is 0 Å². The van der Waals surface area contributed by atoms with Gasteiger partial charge in [-0.25, -0.2) is 0 Å². The van der Waals surface area contributed by atoms with Crippen molar-refractivity contribution in [2.75, 3.05) is 19.6 Å². The van der Waals surface area contributed by atoms with E-state index in [1.807, 2.05) is 13.8 Å². The van der Waals surface area contributed by atoms with Crippen LogP contribution < -0.4 is 5.32 Å². The van der Waals surface area contributed by atoms with E-state index in [1.54, 1.807) is 0 Å². The maximum Gasteiger partial charge on any atom is 0.323 e. The summed E-state index contributed by atoms with van der Waals surface area (Å²) in [5.74, 6) is -1.14. The van der Waals surface area contributed by atoms with E-state index in [2.05, 4.69) is 5.32 Å². The zero-order valence-corrected chi connectivity index (χ0v) is 9.90. The number of carbonyl (C=O) groups is 2. The molecule has 0 aromatic carbocycles. The summed E-state index contributed by atoms with van der Waals surface area (Å²) >= 11 is 0. The number of hydrogen-bond donors (Lipinski definition) is 2. The molecule has 0 radical (unpaired) electrons. The molecule has 1 fully saturated rings. The number of aliphatic carboxylic acids is 1. The zero-order valence-electron chi connectivity index (χ0n) is 9.90. The molecule has 1 atom stereocenters. The summed E-state index contributed by atoms with van der Waals surface area (Å²) in [4.78, 5) is 24.2. The fraction of sp³-hybridized carbons (Fsp3) is 0.818. The van der Waals surface area contributed by atoms with Gasteiger partial charge < -0.3 is 15.3 Å². The third-order valence-electron chi connectivity index (χ3n) is 2.70. The summed E-state index contributed by atoms with van der Waals surface area (Å²) in [6, 6.07) is 0.160. The number of carboxylic acids is 1. The molecule has 0 bridgehead atoms. The van der Waals surface area contributed by atoms with Crippen LogP contribution in [0.3, 0.4) is 0 Å². The first-order valence-electron chi connectivity index (χ1n) is 5.79. The molecule has 1 unspecified atom stereocenters. The van der Waals surface area contributed by atoms with Gasteiger partial charge >= 0.3 is 5.97 Å². The van der Waals surface area contributed by atoms with Gasteiger partial charge in [0.1, 0.15) is 6.54 Å². The van der Waals surface area contributed by atoms with Gasteiger partial charge in [-0.1, -0.05) is 13.8 Å². The summed E-state index contributed by atoms with van der Waals surface area (Å²) in [6.07, 6.45) is 1.87. The molecule has 1 aliphatic carbocycles. The second-order valence-corrected chi connectivity index (χ2v) is 4.30. The number of nitrogens with one attached hydrogen (secondary N) is 1. The maximum absolute atomic E-state index is 12.0. The number of rotatable bonds is 7. The van der Waals surface area contributed by atoms with Crippen molar-refractivity contribution in [2.45, 2.75) is 32.7 Å². The lowest BCUT2D eigenvalue weighted by atomic mass is 10.1. The van der Waals surface area contributed by atoms with Gasteiger partial charge in [-0.05, 0) is 19.4 Å². The molecule has 1 aliphatic rings. The topological polar surface area (TPSA) is 69.6 Å². The van der Waals surface area contributed by atoms with E-state index in [9.17, 15) is 9.59 Å². The Morgan fingerprint density at radius 2 is 2.12 bits per heavy atom. The predicted octanol–water partition coefficient (Wildman–Crippen LogP) is 0.308. The largest absolute Gasteiger partial charge is 0.480 e. The molecule has 2 N–H and O–H groups in total. The zero-order chi connectivity index (χ0) is 12.1. The Morgan fingerprint density at radius 3 is 2.56 bits per heavy atom. The van der Waals surface area contributed by atoms with Gasteiger partial charge in [0.25, 0.3) is 0 Å². The van der Waals surface area contributed by atoms with Crippen LogP contribution in [-0.2, 0) is 9.59 Å². The lowest BCUT2D eigenvalue weighted by Crippen LogP contribution is -2.43. The minimum absolute atomic E-state index is 0.0501. The van der Waals surface area contributed by atoms with E-state index in [0.29, 0.717) is 6.54 Å². The van der Waals surface area contributed by atoms with Crippen molar-refractivity contribution < 1.29 is 14.7 Å². The normalized spacial score (nSPS) is 16.9. The lowest BCUT2D eigenvalue weighted by molar-refractivity contribution is -0.146. The van der Waals surface area contributed by atoms with Crippen LogP contribution in [0.15, 0.2) is 0 Å².